The monoisotopic (exact) mass is 418 g/mol. The van der Waals surface area contributed by atoms with Crippen LogP contribution in [0.4, 0.5) is 11.4 Å². The molecule has 1 saturated heterocycles. The van der Waals surface area contributed by atoms with Gasteiger partial charge in [0.2, 0.25) is 15.9 Å². The molecule has 1 aliphatic heterocycles. The second-order valence-corrected chi connectivity index (χ2v) is 8.34. The quantitative estimate of drug-likeness (QED) is 0.642. The molecule has 0 saturated carbocycles. The molecule has 1 aliphatic rings. The van der Waals surface area contributed by atoms with Crippen molar-refractivity contribution in [3.8, 4) is 0 Å². The lowest BCUT2D eigenvalue weighted by Crippen LogP contribution is -2.31. The molecule has 154 valence electrons. The fraction of sp³-hybridized carbons (Fsp3) is 0.611. The van der Waals surface area contributed by atoms with Crippen molar-refractivity contribution in [3.63, 3.8) is 0 Å². The summed E-state index contributed by atoms with van der Waals surface area (Å²) in [5.74, 6) is -0.145. The van der Waals surface area contributed by atoms with E-state index in [0.717, 1.165) is 31.6 Å². The first-order valence-electron chi connectivity index (χ1n) is 9.33. The minimum Gasteiger partial charge on any atom is -0.370 e. The van der Waals surface area contributed by atoms with Crippen molar-refractivity contribution < 1.29 is 13.2 Å². The smallest absolute Gasteiger partial charge is 0.243 e. The normalized spacial score (nSPS) is 14.3. The number of carbonyl (C=O) groups is 1. The number of sulfonamides is 1. The predicted molar refractivity (Wildman–Crippen MR) is 112 cm³/mol. The number of benzene rings is 1. The molecule has 9 heteroatoms. The number of nitrogens with zero attached hydrogens (tertiary/aromatic N) is 2. The number of amides is 1. The number of anilines is 2. The standard InChI is InChI=1S/C18H30N4O3S.ClH/c1-3-22(4-2)26(24,25)15-9-10-17(21-12-5-6-13-21)16(14-15)20-18(23)8-7-11-19;/h9-10,14H,3-8,11-13,19H2,1-2H3,(H,20,23);1H. The number of hydrogen-bond donors (Lipinski definition) is 2. The van der Waals surface area contributed by atoms with Gasteiger partial charge in [-0.3, -0.25) is 4.79 Å². The molecule has 0 unspecified atom stereocenters. The Hall–Kier alpha value is -1.35. The molecule has 7 nitrogen and oxygen atoms in total. The molecule has 1 amide bonds. The Labute approximate surface area is 168 Å². The first-order chi connectivity index (χ1) is 12.4. The third kappa shape index (κ3) is 5.81. The third-order valence-corrected chi connectivity index (χ3v) is 6.69. The van der Waals surface area contributed by atoms with E-state index < -0.39 is 10.0 Å². The second-order valence-electron chi connectivity index (χ2n) is 6.40. The predicted octanol–water partition coefficient (Wildman–Crippen LogP) is 2.42. The zero-order chi connectivity index (χ0) is 19.2. The summed E-state index contributed by atoms with van der Waals surface area (Å²) in [6, 6.07) is 5.03. The summed E-state index contributed by atoms with van der Waals surface area (Å²) in [5, 5.41) is 2.89. The first kappa shape index (κ1) is 23.7. The van der Waals surface area contributed by atoms with Crippen molar-refractivity contribution in [2.45, 2.75) is 44.4 Å². The molecule has 0 aromatic heterocycles. The first-order valence-corrected chi connectivity index (χ1v) is 10.8. The Balaban J connectivity index is 0.00000364. The van der Waals surface area contributed by atoms with Crippen molar-refractivity contribution in [2.75, 3.05) is 42.9 Å². The van der Waals surface area contributed by atoms with E-state index in [0.29, 0.717) is 38.2 Å². The van der Waals surface area contributed by atoms with E-state index in [-0.39, 0.29) is 23.2 Å². The molecular formula is C18H31ClN4O3S. The molecule has 0 aliphatic carbocycles. The summed E-state index contributed by atoms with van der Waals surface area (Å²) in [6.07, 6.45) is 3.12. The van der Waals surface area contributed by atoms with Gasteiger partial charge in [-0.1, -0.05) is 13.8 Å². The van der Waals surface area contributed by atoms with Crippen molar-refractivity contribution in [1.82, 2.24) is 4.31 Å². The molecule has 0 atom stereocenters. The molecule has 0 spiro atoms. The van der Waals surface area contributed by atoms with Gasteiger partial charge in [0.1, 0.15) is 0 Å². The highest BCUT2D eigenvalue weighted by molar-refractivity contribution is 7.89. The number of rotatable bonds is 9. The van der Waals surface area contributed by atoms with Crippen LogP contribution < -0.4 is 16.0 Å². The highest BCUT2D eigenvalue weighted by Gasteiger charge is 2.24. The van der Waals surface area contributed by atoms with Gasteiger partial charge in [0.25, 0.3) is 0 Å². The van der Waals surface area contributed by atoms with E-state index in [2.05, 4.69) is 10.2 Å². The summed E-state index contributed by atoms with van der Waals surface area (Å²) in [7, 11) is -3.57. The van der Waals surface area contributed by atoms with Crippen LogP contribution in [0.15, 0.2) is 23.1 Å². The lowest BCUT2D eigenvalue weighted by atomic mass is 10.2. The van der Waals surface area contributed by atoms with Gasteiger partial charge in [0, 0.05) is 32.6 Å². The molecule has 1 fully saturated rings. The van der Waals surface area contributed by atoms with Gasteiger partial charge in [-0.25, -0.2) is 8.42 Å². The number of hydrogen-bond acceptors (Lipinski definition) is 5. The number of nitrogens with two attached hydrogens (primary N) is 1. The number of nitrogens with one attached hydrogen (secondary N) is 1. The van der Waals surface area contributed by atoms with E-state index in [4.69, 9.17) is 5.73 Å². The maximum Gasteiger partial charge on any atom is 0.243 e. The topological polar surface area (TPSA) is 95.7 Å². The zero-order valence-electron chi connectivity index (χ0n) is 16.1. The van der Waals surface area contributed by atoms with Crippen LogP contribution in [0.5, 0.6) is 0 Å². The minimum atomic E-state index is -3.57. The Morgan fingerprint density at radius 1 is 1.22 bits per heavy atom. The Morgan fingerprint density at radius 2 is 1.85 bits per heavy atom. The van der Waals surface area contributed by atoms with Gasteiger partial charge >= 0.3 is 0 Å². The fourth-order valence-electron chi connectivity index (χ4n) is 3.20. The summed E-state index contributed by atoms with van der Waals surface area (Å²) in [6.45, 7) is 6.71. The van der Waals surface area contributed by atoms with Gasteiger partial charge in [-0.15, -0.1) is 12.4 Å². The van der Waals surface area contributed by atoms with Crippen LogP contribution in [-0.2, 0) is 14.8 Å². The molecule has 0 bridgehead atoms. The second kappa shape index (κ2) is 10.8. The molecular weight excluding hydrogens is 388 g/mol. The lowest BCUT2D eigenvalue weighted by Gasteiger charge is -2.24. The Kier molecular flexibility index (Phi) is 9.52. The lowest BCUT2D eigenvalue weighted by molar-refractivity contribution is -0.116. The summed E-state index contributed by atoms with van der Waals surface area (Å²) in [4.78, 5) is 14.6. The molecule has 2 rings (SSSR count). The van der Waals surface area contributed by atoms with Gasteiger partial charge in [-0.2, -0.15) is 4.31 Å². The van der Waals surface area contributed by atoms with Crippen molar-refractivity contribution in [2.24, 2.45) is 5.73 Å². The van der Waals surface area contributed by atoms with Gasteiger partial charge in [0.05, 0.1) is 16.3 Å². The highest BCUT2D eigenvalue weighted by atomic mass is 35.5. The van der Waals surface area contributed by atoms with E-state index in [1.165, 1.54) is 4.31 Å². The van der Waals surface area contributed by atoms with Crippen LogP contribution in [0.2, 0.25) is 0 Å². The average Bonchev–Trinajstić information content (AvgIpc) is 3.15. The summed E-state index contributed by atoms with van der Waals surface area (Å²) >= 11 is 0. The summed E-state index contributed by atoms with van der Waals surface area (Å²) < 4.78 is 27.1. The van der Waals surface area contributed by atoms with Gasteiger partial charge in [-0.05, 0) is 44.0 Å². The molecule has 1 heterocycles. The fourth-order valence-corrected chi connectivity index (χ4v) is 4.68. The van der Waals surface area contributed by atoms with E-state index >= 15 is 0 Å². The van der Waals surface area contributed by atoms with Crippen LogP contribution in [0.25, 0.3) is 0 Å². The largest absolute Gasteiger partial charge is 0.370 e. The van der Waals surface area contributed by atoms with Crippen molar-refractivity contribution >= 4 is 39.7 Å². The van der Waals surface area contributed by atoms with Crippen LogP contribution in [0, 0.1) is 0 Å². The molecule has 0 radical (unpaired) electrons. The number of carbonyl (C=O) groups excluding carboxylic acids is 1. The SMILES string of the molecule is CCN(CC)S(=O)(=O)c1ccc(N2CCCC2)c(NC(=O)CCCN)c1.Cl. The maximum absolute atomic E-state index is 12.8. The molecule has 1 aromatic carbocycles. The molecule has 3 N–H and O–H groups in total. The third-order valence-electron chi connectivity index (χ3n) is 4.64. The van der Waals surface area contributed by atoms with Gasteiger partial charge in [0.15, 0.2) is 0 Å². The van der Waals surface area contributed by atoms with Gasteiger partial charge < -0.3 is 16.0 Å². The van der Waals surface area contributed by atoms with E-state index in [9.17, 15) is 13.2 Å². The highest BCUT2D eigenvalue weighted by Crippen LogP contribution is 2.32. The Bertz CT molecular complexity index is 717. The summed E-state index contributed by atoms with van der Waals surface area (Å²) in [5.41, 5.74) is 6.91. The molecule has 27 heavy (non-hydrogen) atoms. The maximum atomic E-state index is 12.8. The molecule has 1 aromatic rings. The van der Waals surface area contributed by atoms with E-state index in [1.54, 1.807) is 18.2 Å². The van der Waals surface area contributed by atoms with Crippen LogP contribution >= 0.6 is 12.4 Å². The Morgan fingerprint density at radius 3 is 2.41 bits per heavy atom. The van der Waals surface area contributed by atoms with Crippen molar-refractivity contribution in [3.05, 3.63) is 18.2 Å². The van der Waals surface area contributed by atoms with Crippen LogP contribution in [0.1, 0.15) is 39.5 Å². The minimum absolute atomic E-state index is 0. The van der Waals surface area contributed by atoms with Crippen molar-refractivity contribution in [1.29, 1.82) is 0 Å². The zero-order valence-corrected chi connectivity index (χ0v) is 17.7. The van der Waals surface area contributed by atoms with Crippen LogP contribution in [0.3, 0.4) is 0 Å². The van der Waals surface area contributed by atoms with E-state index in [1.807, 2.05) is 13.8 Å². The number of halogens is 1. The average molecular weight is 419 g/mol. The van der Waals surface area contributed by atoms with Crippen LogP contribution in [-0.4, -0.2) is 51.4 Å².